The third-order valence-corrected chi connectivity index (χ3v) is 2.38. The van der Waals surface area contributed by atoms with Crippen molar-refractivity contribution in [1.29, 1.82) is 0 Å². The third-order valence-electron chi connectivity index (χ3n) is 2.38. The molecule has 0 saturated carbocycles. The van der Waals surface area contributed by atoms with Crippen LogP contribution in [0.15, 0.2) is 18.2 Å². The molecular weight excluding hydrogens is 224 g/mol. The van der Waals surface area contributed by atoms with E-state index in [4.69, 9.17) is 5.73 Å². The fraction of sp³-hybridized carbons (Fsp3) is 0.364. The summed E-state index contributed by atoms with van der Waals surface area (Å²) >= 11 is 0. The number of hydrogen-bond acceptors (Lipinski definition) is 5. The lowest BCUT2D eigenvalue weighted by molar-refractivity contribution is -0.385. The molecule has 0 amide bonds. The molecule has 0 bridgehead atoms. The molecule has 0 unspecified atom stereocenters. The number of benzene rings is 1. The predicted octanol–water partition coefficient (Wildman–Crippen LogP) is 1.27. The summed E-state index contributed by atoms with van der Waals surface area (Å²) in [5.74, 6) is -0.569. The molecular formula is C11H14N2O4. The van der Waals surface area contributed by atoms with Crippen molar-refractivity contribution in [2.24, 2.45) is 5.73 Å². The summed E-state index contributed by atoms with van der Waals surface area (Å²) in [7, 11) is 1.24. The Balaban J connectivity index is 3.23. The van der Waals surface area contributed by atoms with Gasteiger partial charge in [-0.1, -0.05) is 6.07 Å². The van der Waals surface area contributed by atoms with E-state index < -0.39 is 10.9 Å². The van der Waals surface area contributed by atoms with E-state index in [0.29, 0.717) is 24.9 Å². The van der Waals surface area contributed by atoms with Crippen molar-refractivity contribution >= 4 is 11.7 Å². The van der Waals surface area contributed by atoms with Gasteiger partial charge in [0.15, 0.2) is 0 Å². The van der Waals surface area contributed by atoms with Crippen molar-refractivity contribution in [2.75, 3.05) is 13.7 Å². The Kier molecular flexibility index (Phi) is 4.59. The van der Waals surface area contributed by atoms with Gasteiger partial charge in [-0.3, -0.25) is 10.1 Å². The average Bonchev–Trinajstić information content (AvgIpc) is 2.34. The van der Waals surface area contributed by atoms with Crippen LogP contribution in [0.1, 0.15) is 22.3 Å². The first-order valence-corrected chi connectivity index (χ1v) is 5.16. The maximum absolute atomic E-state index is 11.5. The van der Waals surface area contributed by atoms with Crippen LogP contribution in [0.5, 0.6) is 0 Å². The Morgan fingerprint density at radius 1 is 1.53 bits per heavy atom. The Morgan fingerprint density at radius 3 is 2.76 bits per heavy atom. The van der Waals surface area contributed by atoms with E-state index >= 15 is 0 Å². The zero-order valence-electron chi connectivity index (χ0n) is 9.51. The van der Waals surface area contributed by atoms with E-state index in [1.165, 1.54) is 25.3 Å². The van der Waals surface area contributed by atoms with Crippen LogP contribution in [-0.2, 0) is 11.2 Å². The summed E-state index contributed by atoms with van der Waals surface area (Å²) in [4.78, 5) is 21.9. The summed E-state index contributed by atoms with van der Waals surface area (Å²) < 4.78 is 4.60. The molecule has 0 aliphatic heterocycles. The lowest BCUT2D eigenvalue weighted by atomic mass is 10.0. The fourth-order valence-corrected chi connectivity index (χ4v) is 1.59. The molecule has 0 heterocycles. The lowest BCUT2D eigenvalue weighted by Gasteiger charge is -2.07. The topological polar surface area (TPSA) is 95.5 Å². The van der Waals surface area contributed by atoms with E-state index in [1.807, 2.05) is 0 Å². The van der Waals surface area contributed by atoms with Gasteiger partial charge in [-0.05, 0) is 25.5 Å². The number of carbonyl (C=O) groups is 1. The molecule has 0 radical (unpaired) electrons. The summed E-state index contributed by atoms with van der Waals surface area (Å²) in [5, 5.41) is 10.9. The second-order valence-electron chi connectivity index (χ2n) is 3.44. The monoisotopic (exact) mass is 238 g/mol. The van der Waals surface area contributed by atoms with Crippen molar-refractivity contribution < 1.29 is 14.5 Å². The summed E-state index contributed by atoms with van der Waals surface area (Å²) in [6, 6.07) is 4.36. The van der Waals surface area contributed by atoms with Gasteiger partial charge in [0.05, 0.1) is 17.6 Å². The van der Waals surface area contributed by atoms with Crippen LogP contribution in [0.25, 0.3) is 0 Å². The van der Waals surface area contributed by atoms with Crippen LogP contribution in [0.2, 0.25) is 0 Å². The van der Waals surface area contributed by atoms with Crippen molar-refractivity contribution in [3.05, 3.63) is 39.4 Å². The van der Waals surface area contributed by atoms with Gasteiger partial charge in [0, 0.05) is 11.6 Å². The minimum absolute atomic E-state index is 0.0682. The van der Waals surface area contributed by atoms with E-state index in [9.17, 15) is 14.9 Å². The number of nitrogens with zero attached hydrogens (tertiary/aromatic N) is 1. The second-order valence-corrected chi connectivity index (χ2v) is 3.44. The maximum Gasteiger partial charge on any atom is 0.338 e. The Hall–Kier alpha value is -1.95. The molecule has 6 heteroatoms. The number of carbonyl (C=O) groups excluding carboxylic acids is 1. The van der Waals surface area contributed by atoms with Gasteiger partial charge in [-0.15, -0.1) is 0 Å². The molecule has 17 heavy (non-hydrogen) atoms. The highest BCUT2D eigenvalue weighted by Crippen LogP contribution is 2.24. The first kappa shape index (κ1) is 13.1. The number of ether oxygens (including phenoxy) is 1. The number of rotatable bonds is 5. The van der Waals surface area contributed by atoms with Crippen molar-refractivity contribution in [3.8, 4) is 0 Å². The lowest BCUT2D eigenvalue weighted by Crippen LogP contribution is -2.10. The predicted molar refractivity (Wildman–Crippen MR) is 61.8 cm³/mol. The Bertz CT molecular complexity index is 431. The Labute approximate surface area is 98.5 Å². The van der Waals surface area contributed by atoms with Crippen LogP contribution >= 0.6 is 0 Å². The first-order valence-electron chi connectivity index (χ1n) is 5.16. The van der Waals surface area contributed by atoms with Crippen LogP contribution < -0.4 is 5.73 Å². The number of nitrogens with two attached hydrogens (primary N) is 1. The van der Waals surface area contributed by atoms with Crippen molar-refractivity contribution in [2.45, 2.75) is 12.8 Å². The van der Waals surface area contributed by atoms with Crippen molar-refractivity contribution in [3.63, 3.8) is 0 Å². The SMILES string of the molecule is COC(=O)c1cccc([N+](=O)[O-])c1CCCN. The van der Waals surface area contributed by atoms with E-state index in [1.54, 1.807) is 0 Å². The van der Waals surface area contributed by atoms with Gasteiger partial charge in [0.1, 0.15) is 0 Å². The van der Waals surface area contributed by atoms with Gasteiger partial charge in [0.25, 0.3) is 5.69 Å². The molecule has 0 saturated heterocycles. The van der Waals surface area contributed by atoms with Gasteiger partial charge in [-0.2, -0.15) is 0 Å². The Morgan fingerprint density at radius 2 is 2.24 bits per heavy atom. The zero-order chi connectivity index (χ0) is 12.8. The average molecular weight is 238 g/mol. The number of nitro benzene ring substituents is 1. The van der Waals surface area contributed by atoms with E-state index in [-0.39, 0.29) is 11.3 Å². The van der Waals surface area contributed by atoms with E-state index in [2.05, 4.69) is 4.74 Å². The van der Waals surface area contributed by atoms with Gasteiger partial charge in [0.2, 0.25) is 0 Å². The maximum atomic E-state index is 11.5. The largest absolute Gasteiger partial charge is 0.465 e. The van der Waals surface area contributed by atoms with E-state index in [0.717, 1.165) is 0 Å². The summed E-state index contributed by atoms with van der Waals surface area (Å²) in [6.07, 6.45) is 0.965. The molecule has 6 nitrogen and oxygen atoms in total. The second kappa shape index (κ2) is 5.95. The van der Waals surface area contributed by atoms with Crippen LogP contribution in [0.3, 0.4) is 0 Å². The number of methoxy groups -OCH3 is 1. The van der Waals surface area contributed by atoms with Crippen LogP contribution in [0.4, 0.5) is 5.69 Å². The molecule has 0 atom stereocenters. The van der Waals surface area contributed by atoms with Gasteiger partial charge >= 0.3 is 5.97 Å². The van der Waals surface area contributed by atoms with Crippen LogP contribution in [-0.4, -0.2) is 24.5 Å². The highest BCUT2D eigenvalue weighted by Gasteiger charge is 2.21. The van der Waals surface area contributed by atoms with Gasteiger partial charge < -0.3 is 10.5 Å². The number of hydrogen-bond donors (Lipinski definition) is 1. The minimum Gasteiger partial charge on any atom is -0.465 e. The minimum atomic E-state index is -0.569. The van der Waals surface area contributed by atoms with Gasteiger partial charge in [-0.25, -0.2) is 4.79 Å². The molecule has 0 aromatic heterocycles. The highest BCUT2D eigenvalue weighted by atomic mass is 16.6. The molecule has 0 aliphatic rings. The summed E-state index contributed by atoms with van der Waals surface area (Å²) in [5.41, 5.74) is 5.92. The molecule has 1 aromatic carbocycles. The number of esters is 1. The van der Waals surface area contributed by atoms with Crippen LogP contribution in [0, 0.1) is 10.1 Å². The molecule has 0 fully saturated rings. The molecule has 0 spiro atoms. The third kappa shape index (κ3) is 3.01. The fourth-order valence-electron chi connectivity index (χ4n) is 1.59. The molecule has 92 valence electrons. The molecule has 1 aromatic rings. The van der Waals surface area contributed by atoms with Crippen molar-refractivity contribution in [1.82, 2.24) is 0 Å². The number of nitro groups is 1. The quantitative estimate of drug-likeness (QED) is 0.473. The first-order chi connectivity index (χ1) is 8.11. The molecule has 0 aliphatic carbocycles. The zero-order valence-corrected chi connectivity index (χ0v) is 9.51. The highest BCUT2D eigenvalue weighted by molar-refractivity contribution is 5.92. The smallest absolute Gasteiger partial charge is 0.338 e. The molecule has 2 N–H and O–H groups in total. The summed E-state index contributed by atoms with van der Waals surface area (Å²) in [6.45, 7) is 0.409. The standard InChI is InChI=1S/C11H14N2O4/c1-17-11(14)9-4-2-6-10(13(15)16)8(9)5-3-7-12/h2,4,6H,3,5,7,12H2,1H3. The molecule has 1 rings (SSSR count). The normalized spacial score (nSPS) is 10.0.